The number of hydrogen-bond donors (Lipinski definition) is 1. The fraction of sp³-hybridized carbons (Fsp3) is 0.538. The van der Waals surface area contributed by atoms with Crippen molar-refractivity contribution < 1.29 is 13.5 Å². The SMILES string of the molecule is CCC1CN(S(=O)(=O)c2cc(CO)ccc2Br)CCS1. The Labute approximate surface area is 132 Å². The van der Waals surface area contributed by atoms with Gasteiger partial charge >= 0.3 is 0 Å². The summed E-state index contributed by atoms with van der Waals surface area (Å²) in [4.78, 5) is 0.241. The number of halogens is 1. The van der Waals surface area contributed by atoms with Crippen molar-refractivity contribution in [1.82, 2.24) is 4.31 Å². The third-order valence-corrected chi connectivity index (χ3v) is 7.58. The molecular weight excluding hydrogens is 362 g/mol. The highest BCUT2D eigenvalue weighted by Crippen LogP contribution is 2.30. The van der Waals surface area contributed by atoms with Crippen LogP contribution in [-0.4, -0.2) is 41.9 Å². The first-order valence-corrected chi connectivity index (χ1v) is 9.78. The zero-order valence-electron chi connectivity index (χ0n) is 11.3. The van der Waals surface area contributed by atoms with Crippen LogP contribution in [0.15, 0.2) is 27.6 Å². The van der Waals surface area contributed by atoms with Crippen molar-refractivity contribution in [1.29, 1.82) is 0 Å². The molecule has 1 aromatic rings. The van der Waals surface area contributed by atoms with E-state index in [2.05, 4.69) is 22.9 Å². The normalized spacial score (nSPS) is 21.1. The number of rotatable bonds is 4. The number of benzene rings is 1. The van der Waals surface area contributed by atoms with Crippen molar-refractivity contribution in [2.45, 2.75) is 30.1 Å². The Balaban J connectivity index is 2.34. The van der Waals surface area contributed by atoms with Crippen LogP contribution in [-0.2, 0) is 16.6 Å². The summed E-state index contributed by atoms with van der Waals surface area (Å²) in [7, 11) is -3.51. The number of thioether (sulfide) groups is 1. The Morgan fingerprint density at radius 2 is 2.25 bits per heavy atom. The van der Waals surface area contributed by atoms with Crippen molar-refractivity contribution in [3.05, 3.63) is 28.2 Å². The molecule has 1 fully saturated rings. The number of sulfonamides is 1. The molecule has 1 saturated heterocycles. The van der Waals surface area contributed by atoms with Gasteiger partial charge in [-0.25, -0.2) is 8.42 Å². The quantitative estimate of drug-likeness (QED) is 0.872. The largest absolute Gasteiger partial charge is 0.392 e. The molecule has 1 atom stereocenters. The first kappa shape index (κ1) is 16.3. The molecule has 1 aromatic carbocycles. The lowest BCUT2D eigenvalue weighted by atomic mass is 10.2. The van der Waals surface area contributed by atoms with E-state index in [0.717, 1.165) is 12.2 Å². The molecular formula is C13H18BrNO3S2. The third kappa shape index (κ3) is 3.39. The van der Waals surface area contributed by atoms with Crippen LogP contribution in [0, 0.1) is 0 Å². The van der Waals surface area contributed by atoms with Gasteiger partial charge in [-0.1, -0.05) is 13.0 Å². The van der Waals surface area contributed by atoms with Crippen molar-refractivity contribution in [3.8, 4) is 0 Å². The monoisotopic (exact) mass is 379 g/mol. The minimum absolute atomic E-state index is 0.163. The van der Waals surface area contributed by atoms with Crippen molar-refractivity contribution in [3.63, 3.8) is 0 Å². The fourth-order valence-electron chi connectivity index (χ4n) is 2.14. The number of hydrogen-bond acceptors (Lipinski definition) is 4. The second kappa shape index (κ2) is 6.79. The van der Waals surface area contributed by atoms with Gasteiger partial charge in [0.05, 0.1) is 11.5 Å². The molecule has 112 valence electrons. The average Bonchev–Trinajstić information content (AvgIpc) is 2.47. The molecule has 4 nitrogen and oxygen atoms in total. The van der Waals surface area contributed by atoms with E-state index in [4.69, 9.17) is 0 Å². The summed E-state index contributed by atoms with van der Waals surface area (Å²) >= 11 is 5.13. The van der Waals surface area contributed by atoms with Gasteiger partial charge in [0.2, 0.25) is 10.0 Å². The number of aliphatic hydroxyl groups is 1. The maximum Gasteiger partial charge on any atom is 0.244 e. The van der Waals surface area contributed by atoms with Gasteiger partial charge in [-0.3, -0.25) is 0 Å². The van der Waals surface area contributed by atoms with Gasteiger partial charge in [-0.05, 0) is 40.0 Å². The molecule has 20 heavy (non-hydrogen) atoms. The van der Waals surface area contributed by atoms with Crippen LogP contribution in [0.4, 0.5) is 0 Å². The molecule has 7 heteroatoms. The van der Waals surface area contributed by atoms with Crippen LogP contribution in [0.3, 0.4) is 0 Å². The molecule has 1 unspecified atom stereocenters. The molecule has 0 radical (unpaired) electrons. The van der Waals surface area contributed by atoms with Gasteiger partial charge in [0.25, 0.3) is 0 Å². The number of aliphatic hydroxyl groups excluding tert-OH is 1. The molecule has 2 rings (SSSR count). The van der Waals surface area contributed by atoms with E-state index in [1.807, 2.05) is 11.8 Å². The molecule has 1 aliphatic rings. The molecule has 1 heterocycles. The third-order valence-electron chi connectivity index (χ3n) is 3.35. The topological polar surface area (TPSA) is 57.6 Å². The minimum Gasteiger partial charge on any atom is -0.392 e. The highest BCUT2D eigenvalue weighted by Gasteiger charge is 2.31. The molecule has 0 saturated carbocycles. The average molecular weight is 380 g/mol. The number of nitrogens with zero attached hydrogens (tertiary/aromatic N) is 1. The first-order valence-electron chi connectivity index (χ1n) is 6.50. The van der Waals surface area contributed by atoms with Crippen LogP contribution >= 0.6 is 27.7 Å². The van der Waals surface area contributed by atoms with Gasteiger partial charge in [0, 0.05) is 28.6 Å². The van der Waals surface area contributed by atoms with E-state index in [-0.39, 0.29) is 11.5 Å². The van der Waals surface area contributed by atoms with Crippen LogP contribution in [0.1, 0.15) is 18.9 Å². The summed E-state index contributed by atoms with van der Waals surface area (Å²) in [5.41, 5.74) is 0.602. The molecule has 0 amide bonds. The van der Waals surface area contributed by atoms with Crippen molar-refractivity contribution >= 4 is 37.7 Å². The Morgan fingerprint density at radius 3 is 2.90 bits per heavy atom. The van der Waals surface area contributed by atoms with Gasteiger partial charge in [-0.15, -0.1) is 0 Å². The van der Waals surface area contributed by atoms with E-state index >= 15 is 0 Å². The maximum atomic E-state index is 12.7. The Hall–Kier alpha value is -0.0800. The van der Waals surface area contributed by atoms with E-state index < -0.39 is 10.0 Å². The summed E-state index contributed by atoms with van der Waals surface area (Å²) in [6.45, 7) is 3.01. The van der Waals surface area contributed by atoms with Crippen LogP contribution < -0.4 is 0 Å². The van der Waals surface area contributed by atoms with Gasteiger partial charge in [0.15, 0.2) is 0 Å². The summed E-state index contributed by atoms with van der Waals surface area (Å²) in [6, 6.07) is 4.93. The van der Waals surface area contributed by atoms with Gasteiger partial charge in [0.1, 0.15) is 0 Å². The van der Waals surface area contributed by atoms with Gasteiger partial charge in [-0.2, -0.15) is 16.1 Å². The molecule has 0 spiro atoms. The summed E-state index contributed by atoms with van der Waals surface area (Å²) in [5, 5.41) is 9.54. The minimum atomic E-state index is -3.51. The highest BCUT2D eigenvalue weighted by molar-refractivity contribution is 9.10. The highest BCUT2D eigenvalue weighted by atomic mass is 79.9. The predicted octanol–water partition coefficient (Wildman–Crippen LogP) is 2.46. The summed E-state index contributed by atoms with van der Waals surface area (Å²) in [5.74, 6) is 0.828. The van der Waals surface area contributed by atoms with Gasteiger partial charge < -0.3 is 5.11 Å². The smallest absolute Gasteiger partial charge is 0.244 e. The zero-order chi connectivity index (χ0) is 14.8. The second-order valence-electron chi connectivity index (χ2n) is 4.69. The lowest BCUT2D eigenvalue weighted by Gasteiger charge is -2.31. The van der Waals surface area contributed by atoms with E-state index in [9.17, 15) is 13.5 Å². The van der Waals surface area contributed by atoms with E-state index in [1.165, 1.54) is 0 Å². The maximum absolute atomic E-state index is 12.7. The lowest BCUT2D eigenvalue weighted by molar-refractivity contribution is 0.281. The summed E-state index contributed by atoms with van der Waals surface area (Å²) < 4.78 is 27.6. The predicted molar refractivity (Wildman–Crippen MR) is 85.4 cm³/mol. The lowest BCUT2D eigenvalue weighted by Crippen LogP contribution is -2.41. The Bertz CT molecular complexity index is 577. The van der Waals surface area contributed by atoms with Crippen LogP contribution in [0.25, 0.3) is 0 Å². The Kier molecular flexibility index (Phi) is 5.53. The Morgan fingerprint density at radius 1 is 1.50 bits per heavy atom. The summed E-state index contributed by atoms with van der Waals surface area (Å²) in [6.07, 6.45) is 0.967. The van der Waals surface area contributed by atoms with Crippen molar-refractivity contribution in [2.24, 2.45) is 0 Å². The fourth-order valence-corrected chi connectivity index (χ4v) is 5.99. The van der Waals surface area contributed by atoms with Crippen LogP contribution in [0.2, 0.25) is 0 Å². The first-order chi connectivity index (χ1) is 9.48. The van der Waals surface area contributed by atoms with E-state index in [1.54, 1.807) is 22.5 Å². The zero-order valence-corrected chi connectivity index (χ0v) is 14.5. The second-order valence-corrected chi connectivity index (χ2v) is 8.86. The molecule has 0 aromatic heterocycles. The standard InChI is InChI=1S/C13H18BrNO3S2/c1-2-11-8-15(5-6-19-11)20(17,18)13-7-10(9-16)3-4-12(13)14/h3-4,7,11,16H,2,5-6,8-9H2,1H3. The van der Waals surface area contributed by atoms with E-state index in [0.29, 0.717) is 28.4 Å². The molecule has 0 aliphatic carbocycles. The molecule has 1 N–H and O–H groups in total. The van der Waals surface area contributed by atoms with Crippen molar-refractivity contribution in [2.75, 3.05) is 18.8 Å². The molecule has 0 bridgehead atoms. The van der Waals surface area contributed by atoms with Crippen LogP contribution in [0.5, 0.6) is 0 Å². The molecule has 1 aliphatic heterocycles.